The summed E-state index contributed by atoms with van der Waals surface area (Å²) >= 11 is 0. The number of nitriles is 1. The lowest BCUT2D eigenvalue weighted by Crippen LogP contribution is -2.49. The molecule has 0 saturated heterocycles. The molecule has 1 atom stereocenters. The van der Waals surface area contributed by atoms with Crippen molar-refractivity contribution in [1.29, 1.82) is 5.26 Å². The number of amides is 2. The lowest BCUT2D eigenvalue weighted by atomic mass is 10.1. The summed E-state index contributed by atoms with van der Waals surface area (Å²) in [6.07, 6.45) is 4.85. The van der Waals surface area contributed by atoms with E-state index in [0.29, 0.717) is 11.3 Å². The fourth-order valence-electron chi connectivity index (χ4n) is 2.10. The molecule has 1 N–H and O–H groups in total. The Balaban J connectivity index is 2.69. The number of quaternary nitrogens is 1. The zero-order valence-corrected chi connectivity index (χ0v) is 10.5. The molecule has 1 aromatic rings. The predicted octanol–water partition coefficient (Wildman–Crippen LogP) is 1.84. The second-order valence-corrected chi connectivity index (χ2v) is 4.36. The first-order valence-electron chi connectivity index (χ1n) is 5.52. The third kappa shape index (κ3) is 1.68. The Kier molecular flexibility index (Phi) is 2.85. The summed E-state index contributed by atoms with van der Waals surface area (Å²) < 4.78 is -0.663. The quantitative estimate of drug-likeness (QED) is 0.615. The molecule has 0 aliphatic carbocycles. The molecular weight excluding hydrogens is 246 g/mol. The zero-order chi connectivity index (χ0) is 14.2. The van der Waals surface area contributed by atoms with Gasteiger partial charge < -0.3 is 5.11 Å². The van der Waals surface area contributed by atoms with Crippen molar-refractivity contribution in [3.05, 3.63) is 35.5 Å². The molecule has 1 heterocycles. The van der Waals surface area contributed by atoms with Gasteiger partial charge in [-0.25, -0.2) is 9.59 Å². The second-order valence-electron chi connectivity index (χ2n) is 4.36. The number of benzene rings is 1. The Morgan fingerprint density at radius 3 is 2.58 bits per heavy atom. The molecule has 1 aromatic carbocycles. The third-order valence-corrected chi connectivity index (χ3v) is 3.00. The molecule has 0 fully saturated rings. The van der Waals surface area contributed by atoms with Gasteiger partial charge in [0, 0.05) is 26.2 Å². The van der Waals surface area contributed by atoms with Crippen LogP contribution in [-0.4, -0.2) is 36.1 Å². The Bertz CT molecular complexity index is 643. The van der Waals surface area contributed by atoms with Crippen molar-refractivity contribution in [3.8, 4) is 6.19 Å². The maximum atomic E-state index is 12.2. The maximum Gasteiger partial charge on any atom is 0.443 e. The highest BCUT2D eigenvalue weighted by atomic mass is 16.4. The van der Waals surface area contributed by atoms with Gasteiger partial charge in [0.1, 0.15) is 6.20 Å². The smallest absolute Gasteiger partial charge is 0.443 e. The van der Waals surface area contributed by atoms with Gasteiger partial charge in [-0.05, 0) is 6.07 Å². The number of carbonyl (C=O) groups excluding carboxylic acids is 1. The van der Waals surface area contributed by atoms with E-state index in [0.717, 1.165) is 0 Å². The molecule has 6 heteroatoms. The average molecular weight is 258 g/mol. The standard InChI is InChI=1S/C13H11N3O3/c1-15(2)13(19)16(8-14)7-6-9-10(12(17)18)4-3-5-11(9)16/h3-7H,1-2H3/p+1. The van der Waals surface area contributed by atoms with E-state index in [-0.39, 0.29) is 5.56 Å². The van der Waals surface area contributed by atoms with Crippen LogP contribution in [0, 0.1) is 11.5 Å². The first kappa shape index (κ1) is 12.8. The van der Waals surface area contributed by atoms with E-state index in [9.17, 15) is 14.9 Å². The molecular formula is C13H12N3O3+. The van der Waals surface area contributed by atoms with Gasteiger partial charge in [0.2, 0.25) is 0 Å². The van der Waals surface area contributed by atoms with Crippen LogP contribution in [0.25, 0.3) is 6.08 Å². The van der Waals surface area contributed by atoms with Gasteiger partial charge in [0.15, 0.2) is 5.69 Å². The monoisotopic (exact) mass is 258 g/mol. The van der Waals surface area contributed by atoms with Crippen LogP contribution in [0.5, 0.6) is 0 Å². The van der Waals surface area contributed by atoms with Gasteiger partial charge in [-0.15, -0.1) is 5.26 Å². The molecule has 0 bridgehead atoms. The number of nitrogens with zero attached hydrogens (tertiary/aromatic N) is 3. The summed E-state index contributed by atoms with van der Waals surface area (Å²) in [5.74, 6) is -1.09. The van der Waals surface area contributed by atoms with Crippen molar-refractivity contribution < 1.29 is 14.7 Å². The fourth-order valence-corrected chi connectivity index (χ4v) is 2.10. The van der Waals surface area contributed by atoms with Gasteiger partial charge in [-0.3, -0.25) is 4.90 Å². The van der Waals surface area contributed by atoms with Gasteiger partial charge >= 0.3 is 18.2 Å². The van der Waals surface area contributed by atoms with Crippen LogP contribution in [0.15, 0.2) is 24.4 Å². The van der Waals surface area contributed by atoms with Crippen LogP contribution in [0.3, 0.4) is 0 Å². The fraction of sp³-hybridized carbons (Fsp3) is 0.154. The van der Waals surface area contributed by atoms with Gasteiger partial charge in [0.05, 0.1) is 11.1 Å². The molecule has 0 aromatic heterocycles. The number of fused-ring (bicyclic) bond motifs is 1. The zero-order valence-electron chi connectivity index (χ0n) is 10.5. The Morgan fingerprint density at radius 2 is 2.05 bits per heavy atom. The summed E-state index contributed by atoms with van der Waals surface area (Å²) in [6.45, 7) is 0. The second kappa shape index (κ2) is 4.23. The molecule has 6 nitrogen and oxygen atoms in total. The molecule has 1 aliphatic rings. The van der Waals surface area contributed by atoms with Crippen LogP contribution < -0.4 is 4.48 Å². The molecule has 96 valence electrons. The highest BCUT2D eigenvalue weighted by molar-refractivity contribution is 6.02. The predicted molar refractivity (Wildman–Crippen MR) is 68.9 cm³/mol. The van der Waals surface area contributed by atoms with Gasteiger partial charge in [-0.2, -0.15) is 0 Å². The Hall–Kier alpha value is -2.65. The normalized spacial score (nSPS) is 19.6. The number of hydrogen-bond acceptors (Lipinski definition) is 3. The first-order chi connectivity index (χ1) is 8.94. The molecule has 2 rings (SSSR count). The Morgan fingerprint density at radius 1 is 1.37 bits per heavy atom. The van der Waals surface area contributed by atoms with Crippen molar-refractivity contribution in [2.75, 3.05) is 14.1 Å². The minimum Gasteiger partial charge on any atom is -0.478 e. The van der Waals surface area contributed by atoms with E-state index < -0.39 is 16.5 Å². The molecule has 0 spiro atoms. The molecule has 1 unspecified atom stereocenters. The summed E-state index contributed by atoms with van der Waals surface area (Å²) in [5, 5.41) is 18.5. The van der Waals surface area contributed by atoms with Crippen LogP contribution in [0.1, 0.15) is 15.9 Å². The summed E-state index contributed by atoms with van der Waals surface area (Å²) in [4.78, 5) is 24.7. The highest BCUT2D eigenvalue weighted by Gasteiger charge is 2.46. The topological polar surface area (TPSA) is 81.4 Å². The van der Waals surface area contributed by atoms with Crippen molar-refractivity contribution in [2.45, 2.75) is 0 Å². The number of hydrogen-bond donors (Lipinski definition) is 1. The van der Waals surface area contributed by atoms with Crippen LogP contribution in [0.2, 0.25) is 0 Å². The maximum absolute atomic E-state index is 12.2. The van der Waals surface area contributed by atoms with Crippen LogP contribution in [0.4, 0.5) is 10.5 Å². The van der Waals surface area contributed by atoms with E-state index >= 15 is 0 Å². The number of urea groups is 1. The number of rotatable bonds is 1. The minimum absolute atomic E-state index is 0.0792. The largest absolute Gasteiger partial charge is 0.478 e. The average Bonchev–Trinajstić information content (AvgIpc) is 2.77. The summed E-state index contributed by atoms with van der Waals surface area (Å²) in [7, 11) is 3.10. The lowest BCUT2D eigenvalue weighted by Gasteiger charge is -2.22. The number of carboxylic acid groups (broad SMARTS) is 1. The molecule has 1 aliphatic heterocycles. The number of carbonyl (C=O) groups is 2. The van der Waals surface area contributed by atoms with E-state index in [2.05, 4.69) is 0 Å². The minimum atomic E-state index is -1.09. The van der Waals surface area contributed by atoms with Gasteiger partial charge in [-0.1, -0.05) is 10.5 Å². The highest BCUT2D eigenvalue weighted by Crippen LogP contribution is 2.37. The van der Waals surface area contributed by atoms with Crippen molar-refractivity contribution in [1.82, 2.24) is 9.38 Å². The summed E-state index contributed by atoms with van der Waals surface area (Å²) in [6, 6.07) is 4.12. The summed E-state index contributed by atoms with van der Waals surface area (Å²) in [5.41, 5.74) is 0.836. The third-order valence-electron chi connectivity index (χ3n) is 3.00. The van der Waals surface area contributed by atoms with E-state index in [1.165, 1.54) is 29.3 Å². The van der Waals surface area contributed by atoms with Gasteiger partial charge in [0.25, 0.3) is 0 Å². The van der Waals surface area contributed by atoms with Crippen molar-refractivity contribution >= 4 is 23.8 Å². The molecule has 0 radical (unpaired) electrons. The number of carboxylic acids is 1. The van der Waals surface area contributed by atoms with Crippen molar-refractivity contribution in [3.63, 3.8) is 0 Å². The van der Waals surface area contributed by atoms with E-state index in [1.54, 1.807) is 20.2 Å². The van der Waals surface area contributed by atoms with Crippen LogP contribution >= 0.6 is 0 Å². The molecule has 19 heavy (non-hydrogen) atoms. The van der Waals surface area contributed by atoms with E-state index in [1.807, 2.05) is 6.19 Å². The lowest BCUT2D eigenvalue weighted by molar-refractivity contribution is 0.0696. The van der Waals surface area contributed by atoms with E-state index in [4.69, 9.17) is 5.11 Å². The van der Waals surface area contributed by atoms with Crippen molar-refractivity contribution in [2.24, 2.45) is 0 Å². The first-order valence-corrected chi connectivity index (χ1v) is 5.52. The SMILES string of the molecule is CN(C)C(=O)[N+]1(C#N)C=Cc2c(C(=O)O)cccc21. The van der Waals surface area contributed by atoms with Crippen LogP contribution in [-0.2, 0) is 0 Å². The molecule has 0 saturated carbocycles. The Labute approximate surface area is 110 Å². The number of aromatic carboxylic acids is 1. The molecule has 2 amide bonds.